The number of amides is 2. The van der Waals surface area contributed by atoms with Crippen LogP contribution in [-0.4, -0.2) is 34.9 Å². The van der Waals surface area contributed by atoms with Crippen LogP contribution in [0.2, 0.25) is 0 Å². The van der Waals surface area contributed by atoms with Crippen LogP contribution in [0.5, 0.6) is 0 Å². The number of thiazole rings is 1. The average Bonchev–Trinajstić information content (AvgIpc) is 3.07. The smallest absolute Gasteiger partial charge is 0.331 e. The maximum absolute atomic E-state index is 14.1. The highest BCUT2D eigenvalue weighted by Gasteiger charge is 2.20. The number of esters is 1. The lowest BCUT2D eigenvalue weighted by atomic mass is 10.1. The number of ether oxygens (including phenoxy) is 1. The van der Waals surface area contributed by atoms with E-state index in [4.69, 9.17) is 4.74 Å². The Hall–Kier alpha value is -3.07. The first-order chi connectivity index (χ1) is 13.6. The van der Waals surface area contributed by atoms with Crippen LogP contribution in [0.15, 0.2) is 35.7 Å². The Bertz CT molecular complexity index is 934. The molecule has 0 atom stereocenters. The molecule has 2 aromatic rings. The van der Waals surface area contributed by atoms with Gasteiger partial charge in [0, 0.05) is 23.9 Å². The third-order valence-corrected chi connectivity index (χ3v) is 4.20. The first kappa shape index (κ1) is 22.2. The molecule has 0 aliphatic rings. The summed E-state index contributed by atoms with van der Waals surface area (Å²) in [6.45, 7) is 6.37. The van der Waals surface area contributed by atoms with Gasteiger partial charge in [0.2, 0.25) is 5.91 Å². The van der Waals surface area contributed by atoms with Crippen LogP contribution in [0.1, 0.15) is 33.4 Å². The number of rotatable bonds is 6. The summed E-state index contributed by atoms with van der Waals surface area (Å²) < 4.78 is 18.9. The third-order valence-electron chi connectivity index (χ3n) is 3.36. The summed E-state index contributed by atoms with van der Waals surface area (Å²) in [7, 11) is 0. The van der Waals surface area contributed by atoms with E-state index in [9.17, 15) is 18.8 Å². The van der Waals surface area contributed by atoms with E-state index in [1.54, 1.807) is 11.4 Å². The van der Waals surface area contributed by atoms with Crippen molar-refractivity contribution in [1.82, 2.24) is 10.3 Å². The van der Waals surface area contributed by atoms with E-state index in [1.807, 2.05) is 20.8 Å². The van der Waals surface area contributed by atoms with Crippen molar-refractivity contribution in [2.24, 2.45) is 0 Å². The molecular formula is C20H22FN3O4S. The normalized spacial score (nSPS) is 11.3. The van der Waals surface area contributed by atoms with Crippen molar-refractivity contribution in [2.45, 2.75) is 33.2 Å². The minimum Gasteiger partial charge on any atom is -0.452 e. The summed E-state index contributed by atoms with van der Waals surface area (Å²) in [5.74, 6) is -2.06. The largest absolute Gasteiger partial charge is 0.452 e. The molecule has 2 rings (SSSR count). The van der Waals surface area contributed by atoms with Gasteiger partial charge in [-0.2, -0.15) is 0 Å². The second-order valence-corrected chi connectivity index (χ2v) is 7.94. The molecular weight excluding hydrogens is 397 g/mol. The van der Waals surface area contributed by atoms with Crippen molar-refractivity contribution in [1.29, 1.82) is 0 Å². The van der Waals surface area contributed by atoms with E-state index < -0.39 is 35.7 Å². The number of benzene rings is 1. The average molecular weight is 419 g/mol. The molecule has 1 aromatic carbocycles. The van der Waals surface area contributed by atoms with Gasteiger partial charge in [0.05, 0.1) is 11.4 Å². The number of aromatic nitrogens is 1. The molecule has 1 N–H and O–H groups in total. The van der Waals surface area contributed by atoms with Crippen molar-refractivity contribution >= 4 is 46.0 Å². The summed E-state index contributed by atoms with van der Waals surface area (Å²) in [5, 5.41) is 4.55. The summed E-state index contributed by atoms with van der Waals surface area (Å²) in [6.07, 6.45) is 2.52. The highest BCUT2D eigenvalue weighted by atomic mass is 32.1. The molecule has 0 saturated carbocycles. The molecule has 7 nitrogen and oxygen atoms in total. The van der Waals surface area contributed by atoms with Crippen LogP contribution in [0.4, 0.5) is 15.2 Å². The van der Waals surface area contributed by atoms with Gasteiger partial charge in [-0.3, -0.25) is 14.5 Å². The van der Waals surface area contributed by atoms with Crippen molar-refractivity contribution in [3.63, 3.8) is 0 Å². The number of para-hydroxylation sites is 1. The fraction of sp³-hybridized carbons (Fsp3) is 0.300. The van der Waals surface area contributed by atoms with E-state index in [2.05, 4.69) is 10.3 Å². The van der Waals surface area contributed by atoms with E-state index in [0.717, 1.165) is 22.3 Å². The monoisotopic (exact) mass is 419 g/mol. The molecule has 0 radical (unpaired) electrons. The Labute approximate surface area is 172 Å². The zero-order chi connectivity index (χ0) is 21.6. The van der Waals surface area contributed by atoms with Crippen LogP contribution in [-0.2, 0) is 19.1 Å². The van der Waals surface area contributed by atoms with E-state index in [1.165, 1.54) is 31.2 Å². The number of nitrogens with zero attached hydrogens (tertiary/aromatic N) is 2. The zero-order valence-corrected chi connectivity index (χ0v) is 17.4. The molecule has 0 unspecified atom stereocenters. The molecule has 0 bridgehead atoms. The van der Waals surface area contributed by atoms with Gasteiger partial charge in [0.15, 0.2) is 11.7 Å². The van der Waals surface area contributed by atoms with Gasteiger partial charge in [0.1, 0.15) is 5.82 Å². The van der Waals surface area contributed by atoms with Crippen LogP contribution in [0.3, 0.4) is 0 Å². The zero-order valence-electron chi connectivity index (χ0n) is 16.6. The lowest BCUT2D eigenvalue weighted by molar-refractivity contribution is -0.144. The summed E-state index contributed by atoms with van der Waals surface area (Å²) >= 11 is 1.13. The quantitative estimate of drug-likeness (QED) is 0.572. The SMILES string of the molecule is CC(=O)N(c1nc(/C=C/C(=O)OCC(=O)NC(C)(C)C)cs1)c1ccccc1F. The second kappa shape index (κ2) is 9.42. The number of carbonyl (C=O) groups is 3. The number of nitrogens with one attached hydrogen (secondary N) is 1. The van der Waals surface area contributed by atoms with Crippen LogP contribution in [0.25, 0.3) is 6.08 Å². The standard InChI is InChI=1S/C20H22FN3O4S/c1-13(25)24(16-8-6-5-7-15(16)21)19-22-14(12-29-19)9-10-18(27)28-11-17(26)23-20(2,3)4/h5-10,12H,11H2,1-4H3,(H,23,26)/b10-9+. The van der Waals surface area contributed by atoms with Crippen LogP contribution in [0, 0.1) is 5.82 Å². The van der Waals surface area contributed by atoms with Crippen molar-refractivity contribution in [3.8, 4) is 0 Å². The second-order valence-electron chi connectivity index (χ2n) is 7.10. The number of hydrogen-bond acceptors (Lipinski definition) is 6. The molecule has 2 amide bonds. The molecule has 0 aliphatic carbocycles. The highest BCUT2D eigenvalue weighted by Crippen LogP contribution is 2.30. The van der Waals surface area contributed by atoms with E-state index in [-0.39, 0.29) is 10.8 Å². The minimum atomic E-state index is -0.707. The first-order valence-corrected chi connectivity index (χ1v) is 9.61. The van der Waals surface area contributed by atoms with Crippen LogP contribution < -0.4 is 10.2 Å². The summed E-state index contributed by atoms with van der Waals surface area (Å²) in [6, 6.07) is 5.88. The maximum Gasteiger partial charge on any atom is 0.331 e. The van der Waals surface area contributed by atoms with E-state index in [0.29, 0.717) is 5.69 Å². The van der Waals surface area contributed by atoms with Crippen molar-refractivity contribution in [3.05, 3.63) is 47.2 Å². The Morgan fingerprint density at radius 1 is 1.28 bits per heavy atom. The number of carbonyl (C=O) groups excluding carboxylic acids is 3. The minimum absolute atomic E-state index is 0.0918. The van der Waals surface area contributed by atoms with Gasteiger partial charge < -0.3 is 10.1 Å². The fourth-order valence-corrected chi connectivity index (χ4v) is 3.14. The molecule has 0 spiro atoms. The Morgan fingerprint density at radius 3 is 2.59 bits per heavy atom. The lowest BCUT2D eigenvalue weighted by Gasteiger charge is -2.20. The Morgan fingerprint density at radius 2 is 1.97 bits per heavy atom. The predicted octanol–water partition coefficient (Wildman–Crippen LogP) is 3.44. The van der Waals surface area contributed by atoms with Gasteiger partial charge in [-0.05, 0) is 39.0 Å². The van der Waals surface area contributed by atoms with Gasteiger partial charge in [-0.15, -0.1) is 11.3 Å². The molecule has 0 saturated heterocycles. The van der Waals surface area contributed by atoms with E-state index >= 15 is 0 Å². The number of anilines is 2. The molecule has 1 heterocycles. The Kier molecular flexibility index (Phi) is 7.22. The summed E-state index contributed by atoms with van der Waals surface area (Å²) in [5.41, 5.74) is 0.0646. The maximum atomic E-state index is 14.1. The molecule has 0 fully saturated rings. The van der Waals surface area contributed by atoms with Gasteiger partial charge >= 0.3 is 5.97 Å². The summed E-state index contributed by atoms with van der Waals surface area (Å²) in [4.78, 5) is 40.8. The molecule has 154 valence electrons. The van der Waals surface area contributed by atoms with Crippen LogP contribution >= 0.6 is 11.3 Å². The Balaban J connectivity index is 2.03. The lowest BCUT2D eigenvalue weighted by Crippen LogP contribution is -2.42. The van der Waals surface area contributed by atoms with Gasteiger partial charge in [-0.1, -0.05) is 12.1 Å². The molecule has 29 heavy (non-hydrogen) atoms. The van der Waals surface area contributed by atoms with Gasteiger partial charge in [-0.25, -0.2) is 14.2 Å². The molecule has 0 aliphatic heterocycles. The third kappa shape index (κ3) is 6.79. The van der Waals surface area contributed by atoms with Gasteiger partial charge in [0.25, 0.3) is 5.91 Å². The predicted molar refractivity (Wildman–Crippen MR) is 109 cm³/mol. The first-order valence-electron chi connectivity index (χ1n) is 8.73. The topological polar surface area (TPSA) is 88.6 Å². The fourth-order valence-electron chi connectivity index (χ4n) is 2.29. The molecule has 1 aromatic heterocycles. The highest BCUT2D eigenvalue weighted by molar-refractivity contribution is 7.14. The number of hydrogen-bond donors (Lipinski definition) is 1. The van der Waals surface area contributed by atoms with Crippen molar-refractivity contribution < 1.29 is 23.5 Å². The van der Waals surface area contributed by atoms with Crippen molar-refractivity contribution in [2.75, 3.05) is 11.5 Å². The molecule has 9 heteroatoms. The number of halogens is 1.